The van der Waals surface area contributed by atoms with E-state index in [0.29, 0.717) is 31.8 Å². The van der Waals surface area contributed by atoms with Crippen molar-refractivity contribution in [3.63, 3.8) is 0 Å². The SMILES string of the molecule is CC(C)NCCCN(C)S(=O)(=O)NCCOC1CCCC1. The fourth-order valence-corrected chi connectivity index (χ4v) is 3.31. The summed E-state index contributed by atoms with van der Waals surface area (Å²) in [7, 11) is -1.77. The van der Waals surface area contributed by atoms with Crippen LogP contribution in [0.5, 0.6) is 0 Å². The third-order valence-corrected chi connectivity index (χ3v) is 5.23. The second-order valence-corrected chi connectivity index (χ2v) is 7.82. The number of hydrogen-bond donors (Lipinski definition) is 2. The van der Waals surface area contributed by atoms with Crippen LogP contribution >= 0.6 is 0 Å². The van der Waals surface area contributed by atoms with Crippen LogP contribution in [0, 0.1) is 0 Å². The van der Waals surface area contributed by atoms with Crippen molar-refractivity contribution in [3.8, 4) is 0 Å². The van der Waals surface area contributed by atoms with E-state index in [1.165, 1.54) is 17.1 Å². The lowest BCUT2D eigenvalue weighted by molar-refractivity contribution is 0.0624. The summed E-state index contributed by atoms with van der Waals surface area (Å²) in [6, 6.07) is 0.428. The Labute approximate surface area is 129 Å². The van der Waals surface area contributed by atoms with E-state index in [1.807, 2.05) is 0 Å². The van der Waals surface area contributed by atoms with Crippen LogP contribution in [0.1, 0.15) is 46.0 Å². The minimum atomic E-state index is -3.38. The van der Waals surface area contributed by atoms with E-state index in [1.54, 1.807) is 7.05 Å². The van der Waals surface area contributed by atoms with Crippen LogP contribution in [0.4, 0.5) is 0 Å². The Morgan fingerprint density at radius 3 is 2.52 bits per heavy atom. The second-order valence-electron chi connectivity index (χ2n) is 5.96. The zero-order valence-corrected chi connectivity index (χ0v) is 14.4. The smallest absolute Gasteiger partial charge is 0.279 e. The van der Waals surface area contributed by atoms with E-state index in [9.17, 15) is 8.42 Å². The van der Waals surface area contributed by atoms with Crippen LogP contribution in [0.15, 0.2) is 0 Å². The molecule has 0 amide bonds. The van der Waals surface area contributed by atoms with E-state index in [4.69, 9.17) is 4.74 Å². The lowest BCUT2D eigenvalue weighted by atomic mass is 10.3. The van der Waals surface area contributed by atoms with Gasteiger partial charge in [-0.1, -0.05) is 26.7 Å². The molecule has 1 saturated carbocycles. The number of rotatable bonds is 11. The molecule has 0 aromatic carbocycles. The highest BCUT2D eigenvalue weighted by molar-refractivity contribution is 7.87. The Kier molecular flexibility index (Phi) is 8.73. The largest absolute Gasteiger partial charge is 0.377 e. The molecule has 2 N–H and O–H groups in total. The number of hydrogen-bond acceptors (Lipinski definition) is 4. The van der Waals surface area contributed by atoms with Gasteiger partial charge in [-0.05, 0) is 25.8 Å². The molecule has 0 heterocycles. The van der Waals surface area contributed by atoms with Crippen molar-refractivity contribution in [2.24, 2.45) is 0 Å². The molecule has 21 heavy (non-hydrogen) atoms. The van der Waals surface area contributed by atoms with E-state index >= 15 is 0 Å². The predicted octanol–water partition coefficient (Wildman–Crippen LogP) is 1.10. The Morgan fingerprint density at radius 2 is 1.90 bits per heavy atom. The normalized spacial score (nSPS) is 17.2. The summed E-state index contributed by atoms with van der Waals surface area (Å²) in [5.74, 6) is 0. The standard InChI is InChI=1S/C14H31N3O3S/c1-13(2)15-9-6-11-17(3)21(18,19)16-10-12-20-14-7-4-5-8-14/h13-16H,4-12H2,1-3H3. The fourth-order valence-electron chi connectivity index (χ4n) is 2.37. The molecular weight excluding hydrogens is 290 g/mol. The van der Waals surface area contributed by atoms with Gasteiger partial charge >= 0.3 is 0 Å². The molecule has 6 nitrogen and oxygen atoms in total. The zero-order valence-electron chi connectivity index (χ0n) is 13.6. The maximum absolute atomic E-state index is 12.0. The molecule has 1 aliphatic carbocycles. The monoisotopic (exact) mass is 321 g/mol. The van der Waals surface area contributed by atoms with Gasteiger partial charge in [-0.25, -0.2) is 0 Å². The molecule has 1 rings (SSSR count). The highest BCUT2D eigenvalue weighted by atomic mass is 32.2. The zero-order chi connectivity index (χ0) is 15.7. The summed E-state index contributed by atoms with van der Waals surface area (Å²) < 4.78 is 33.6. The second kappa shape index (κ2) is 9.74. The molecular formula is C14H31N3O3S. The Bertz CT molecular complexity index is 368. The third-order valence-electron chi connectivity index (χ3n) is 3.65. The van der Waals surface area contributed by atoms with Crippen molar-refractivity contribution >= 4 is 10.2 Å². The van der Waals surface area contributed by atoms with Crippen LogP contribution in [0.3, 0.4) is 0 Å². The average molecular weight is 321 g/mol. The Balaban J connectivity index is 2.12. The van der Waals surface area contributed by atoms with Crippen molar-refractivity contribution in [1.82, 2.24) is 14.3 Å². The quantitative estimate of drug-likeness (QED) is 0.559. The van der Waals surface area contributed by atoms with Gasteiger partial charge in [0.2, 0.25) is 0 Å². The first-order valence-corrected chi connectivity index (χ1v) is 9.41. The molecule has 0 spiro atoms. The maximum Gasteiger partial charge on any atom is 0.279 e. The fraction of sp³-hybridized carbons (Fsp3) is 1.00. The van der Waals surface area contributed by atoms with E-state index in [-0.39, 0.29) is 0 Å². The number of ether oxygens (including phenoxy) is 1. The van der Waals surface area contributed by atoms with Crippen LogP contribution in [-0.2, 0) is 14.9 Å². The van der Waals surface area contributed by atoms with Gasteiger partial charge in [-0.2, -0.15) is 17.4 Å². The highest BCUT2D eigenvalue weighted by Gasteiger charge is 2.18. The van der Waals surface area contributed by atoms with Gasteiger partial charge in [0, 0.05) is 26.2 Å². The lowest BCUT2D eigenvalue weighted by Gasteiger charge is -2.18. The summed E-state index contributed by atoms with van der Waals surface area (Å²) in [5, 5.41) is 3.27. The Hall–Kier alpha value is -0.210. The minimum Gasteiger partial charge on any atom is -0.377 e. The first-order chi connectivity index (χ1) is 9.92. The van der Waals surface area contributed by atoms with Gasteiger partial charge in [0.1, 0.15) is 0 Å². The number of nitrogens with zero attached hydrogens (tertiary/aromatic N) is 1. The molecule has 0 radical (unpaired) electrons. The van der Waals surface area contributed by atoms with Crippen LogP contribution in [0.25, 0.3) is 0 Å². The van der Waals surface area contributed by atoms with Crippen molar-refractivity contribution in [1.29, 1.82) is 0 Å². The average Bonchev–Trinajstić information content (AvgIpc) is 2.92. The third kappa shape index (κ3) is 8.11. The highest BCUT2D eigenvalue weighted by Crippen LogP contribution is 2.20. The van der Waals surface area contributed by atoms with E-state index < -0.39 is 10.2 Å². The summed E-state index contributed by atoms with van der Waals surface area (Å²) in [6.45, 7) is 6.28. The molecule has 0 aromatic heterocycles. The summed E-state index contributed by atoms with van der Waals surface area (Å²) in [6.07, 6.45) is 5.79. The molecule has 0 bridgehead atoms. The molecule has 0 saturated heterocycles. The topological polar surface area (TPSA) is 70.7 Å². The molecule has 0 aliphatic heterocycles. The van der Waals surface area contributed by atoms with Crippen molar-refractivity contribution in [2.45, 2.75) is 58.1 Å². The molecule has 0 aromatic rings. The molecule has 1 aliphatic rings. The van der Waals surface area contributed by atoms with Gasteiger partial charge in [-0.3, -0.25) is 0 Å². The van der Waals surface area contributed by atoms with E-state index in [0.717, 1.165) is 25.8 Å². The van der Waals surface area contributed by atoms with Crippen molar-refractivity contribution in [3.05, 3.63) is 0 Å². The lowest BCUT2D eigenvalue weighted by Crippen LogP contribution is -2.41. The summed E-state index contributed by atoms with van der Waals surface area (Å²) in [4.78, 5) is 0. The van der Waals surface area contributed by atoms with Gasteiger partial charge < -0.3 is 10.1 Å². The van der Waals surface area contributed by atoms with Crippen LogP contribution < -0.4 is 10.0 Å². The van der Waals surface area contributed by atoms with E-state index in [2.05, 4.69) is 23.9 Å². The van der Waals surface area contributed by atoms with Gasteiger partial charge in [0.15, 0.2) is 0 Å². The first-order valence-electron chi connectivity index (χ1n) is 7.97. The molecule has 7 heteroatoms. The van der Waals surface area contributed by atoms with Gasteiger partial charge in [0.05, 0.1) is 12.7 Å². The number of nitrogens with one attached hydrogen (secondary N) is 2. The predicted molar refractivity (Wildman–Crippen MR) is 85.5 cm³/mol. The van der Waals surface area contributed by atoms with Crippen molar-refractivity contribution < 1.29 is 13.2 Å². The molecule has 0 unspecified atom stereocenters. The minimum absolute atomic E-state index is 0.328. The molecule has 126 valence electrons. The van der Waals surface area contributed by atoms with Gasteiger partial charge in [0.25, 0.3) is 10.2 Å². The Morgan fingerprint density at radius 1 is 1.24 bits per heavy atom. The summed E-state index contributed by atoms with van der Waals surface area (Å²) >= 11 is 0. The van der Waals surface area contributed by atoms with Crippen LogP contribution in [0.2, 0.25) is 0 Å². The summed E-state index contributed by atoms with van der Waals surface area (Å²) in [5.41, 5.74) is 0. The molecule has 0 atom stereocenters. The van der Waals surface area contributed by atoms with Crippen molar-refractivity contribution in [2.75, 3.05) is 33.3 Å². The first kappa shape index (κ1) is 18.8. The maximum atomic E-state index is 12.0. The molecule has 1 fully saturated rings. The van der Waals surface area contributed by atoms with Crippen LogP contribution in [-0.4, -0.2) is 58.2 Å². The van der Waals surface area contributed by atoms with Gasteiger partial charge in [-0.15, -0.1) is 0 Å².